The average molecular weight is 554 g/mol. The van der Waals surface area contributed by atoms with Gasteiger partial charge < -0.3 is 19.7 Å². The van der Waals surface area contributed by atoms with E-state index in [9.17, 15) is 18.0 Å². The molecule has 204 valence electrons. The number of hydrogen-bond acceptors (Lipinski definition) is 6. The lowest BCUT2D eigenvalue weighted by Gasteiger charge is -2.33. The average Bonchev–Trinajstić information content (AvgIpc) is 2.85. The SMILES string of the molecule is CC[C@@H](C(=O)NCC(C)C)N(Cc1ccc(OC)cc1)C(=O)CN(c1ccc(OC)c(Cl)c1)S(C)(=O)=O. The van der Waals surface area contributed by atoms with Crippen molar-refractivity contribution in [2.75, 3.05) is 37.9 Å². The van der Waals surface area contributed by atoms with Gasteiger partial charge in [0.05, 0.1) is 31.2 Å². The maximum Gasteiger partial charge on any atom is 0.244 e. The highest BCUT2D eigenvalue weighted by molar-refractivity contribution is 7.92. The van der Waals surface area contributed by atoms with Gasteiger partial charge in [-0.1, -0.05) is 44.5 Å². The molecule has 0 bridgehead atoms. The van der Waals surface area contributed by atoms with Gasteiger partial charge >= 0.3 is 0 Å². The first kappa shape index (κ1) is 30.2. The molecular weight excluding hydrogens is 518 g/mol. The van der Waals surface area contributed by atoms with Crippen molar-refractivity contribution < 1.29 is 27.5 Å². The number of hydrogen-bond donors (Lipinski definition) is 1. The summed E-state index contributed by atoms with van der Waals surface area (Å²) in [5.74, 6) is 0.436. The highest BCUT2D eigenvalue weighted by Gasteiger charge is 2.32. The van der Waals surface area contributed by atoms with E-state index in [1.807, 2.05) is 20.8 Å². The summed E-state index contributed by atoms with van der Waals surface area (Å²) in [7, 11) is -0.862. The van der Waals surface area contributed by atoms with E-state index in [4.69, 9.17) is 21.1 Å². The summed E-state index contributed by atoms with van der Waals surface area (Å²) in [4.78, 5) is 28.2. The second kappa shape index (κ2) is 13.5. The van der Waals surface area contributed by atoms with Gasteiger partial charge in [0.2, 0.25) is 21.8 Å². The van der Waals surface area contributed by atoms with Crippen LogP contribution in [0.25, 0.3) is 0 Å². The number of carbonyl (C=O) groups is 2. The van der Waals surface area contributed by atoms with Crippen molar-refractivity contribution in [3.05, 3.63) is 53.1 Å². The van der Waals surface area contributed by atoms with Crippen molar-refractivity contribution >= 4 is 39.1 Å². The number of amides is 2. The van der Waals surface area contributed by atoms with E-state index in [0.717, 1.165) is 16.1 Å². The molecule has 11 heteroatoms. The minimum atomic E-state index is -3.87. The quantitative estimate of drug-likeness (QED) is 0.405. The molecule has 0 aliphatic rings. The number of nitrogens with one attached hydrogen (secondary N) is 1. The molecule has 0 fully saturated rings. The molecule has 9 nitrogen and oxygen atoms in total. The lowest BCUT2D eigenvalue weighted by Crippen LogP contribution is -2.52. The Labute approximate surface area is 224 Å². The molecule has 2 aromatic carbocycles. The van der Waals surface area contributed by atoms with Gasteiger partial charge in [-0.2, -0.15) is 0 Å². The van der Waals surface area contributed by atoms with Crippen LogP contribution in [0.5, 0.6) is 11.5 Å². The predicted molar refractivity (Wildman–Crippen MR) is 146 cm³/mol. The van der Waals surface area contributed by atoms with Gasteiger partial charge in [0.25, 0.3) is 0 Å². The molecule has 1 atom stereocenters. The molecule has 0 radical (unpaired) electrons. The lowest BCUT2D eigenvalue weighted by atomic mass is 10.1. The first-order chi connectivity index (χ1) is 17.4. The third-order valence-corrected chi connectivity index (χ3v) is 7.12. The van der Waals surface area contributed by atoms with E-state index < -0.39 is 28.5 Å². The second-order valence-corrected chi connectivity index (χ2v) is 11.3. The molecule has 0 aromatic heterocycles. The number of carbonyl (C=O) groups excluding carboxylic acids is 2. The van der Waals surface area contributed by atoms with E-state index in [1.165, 1.54) is 30.2 Å². The molecule has 0 heterocycles. The fourth-order valence-corrected chi connectivity index (χ4v) is 4.79. The zero-order valence-electron chi connectivity index (χ0n) is 22.2. The summed E-state index contributed by atoms with van der Waals surface area (Å²) in [6.07, 6.45) is 1.36. The van der Waals surface area contributed by atoms with Crippen LogP contribution in [-0.2, 0) is 26.2 Å². The zero-order chi connectivity index (χ0) is 27.8. The fraction of sp³-hybridized carbons (Fsp3) is 0.462. The maximum atomic E-state index is 13.7. The van der Waals surface area contributed by atoms with Crippen molar-refractivity contribution in [1.82, 2.24) is 10.2 Å². The minimum absolute atomic E-state index is 0.109. The number of sulfonamides is 1. The molecule has 0 saturated carbocycles. The van der Waals surface area contributed by atoms with Crippen LogP contribution in [0.1, 0.15) is 32.8 Å². The van der Waals surface area contributed by atoms with Crippen molar-refractivity contribution in [1.29, 1.82) is 0 Å². The molecule has 0 aliphatic carbocycles. The second-order valence-electron chi connectivity index (χ2n) is 9.02. The Balaban J connectivity index is 2.44. The van der Waals surface area contributed by atoms with Crippen molar-refractivity contribution in [2.24, 2.45) is 5.92 Å². The Kier molecular flexibility index (Phi) is 11.1. The molecule has 2 rings (SSSR count). The number of ether oxygens (including phenoxy) is 2. The van der Waals surface area contributed by atoms with Gasteiger partial charge in [-0.25, -0.2) is 8.42 Å². The predicted octanol–water partition coefficient (Wildman–Crippen LogP) is 3.70. The van der Waals surface area contributed by atoms with E-state index in [0.29, 0.717) is 24.5 Å². The molecule has 0 unspecified atom stereocenters. The van der Waals surface area contributed by atoms with Crippen LogP contribution in [0.2, 0.25) is 5.02 Å². The molecule has 1 N–H and O–H groups in total. The number of anilines is 1. The van der Waals surface area contributed by atoms with E-state index in [1.54, 1.807) is 31.4 Å². The van der Waals surface area contributed by atoms with Crippen LogP contribution >= 0.6 is 11.6 Å². The number of nitrogens with zero attached hydrogens (tertiary/aromatic N) is 2. The molecule has 0 aliphatic heterocycles. The van der Waals surface area contributed by atoms with Crippen LogP contribution in [-0.4, -0.2) is 64.7 Å². The molecule has 2 amide bonds. The molecule has 0 saturated heterocycles. The molecular formula is C26H36ClN3O6S. The highest BCUT2D eigenvalue weighted by atomic mass is 35.5. The first-order valence-electron chi connectivity index (χ1n) is 11.9. The van der Waals surface area contributed by atoms with Crippen LogP contribution in [0.3, 0.4) is 0 Å². The van der Waals surface area contributed by atoms with Crippen molar-refractivity contribution in [2.45, 2.75) is 39.8 Å². The van der Waals surface area contributed by atoms with Crippen LogP contribution in [0.15, 0.2) is 42.5 Å². The molecule has 2 aromatic rings. The van der Waals surface area contributed by atoms with Gasteiger partial charge in [-0.15, -0.1) is 0 Å². The van der Waals surface area contributed by atoms with E-state index in [2.05, 4.69) is 5.32 Å². The number of benzene rings is 2. The van der Waals surface area contributed by atoms with Gasteiger partial charge in [-0.05, 0) is 48.2 Å². The molecule has 37 heavy (non-hydrogen) atoms. The monoisotopic (exact) mass is 553 g/mol. The third-order valence-electron chi connectivity index (χ3n) is 5.68. The maximum absolute atomic E-state index is 13.7. The molecule has 0 spiro atoms. The Hall–Kier alpha value is -2.98. The fourth-order valence-electron chi connectivity index (χ4n) is 3.69. The van der Waals surface area contributed by atoms with E-state index >= 15 is 0 Å². The van der Waals surface area contributed by atoms with Crippen LogP contribution in [0, 0.1) is 5.92 Å². The topological polar surface area (TPSA) is 105 Å². The Bertz CT molecular complexity index is 1170. The van der Waals surface area contributed by atoms with Gasteiger partial charge in [-0.3, -0.25) is 13.9 Å². The van der Waals surface area contributed by atoms with Gasteiger partial charge in [0.1, 0.15) is 24.1 Å². The summed E-state index contributed by atoms with van der Waals surface area (Å²) in [5, 5.41) is 3.10. The highest BCUT2D eigenvalue weighted by Crippen LogP contribution is 2.30. The van der Waals surface area contributed by atoms with Crippen LogP contribution in [0.4, 0.5) is 5.69 Å². The summed E-state index contributed by atoms with van der Waals surface area (Å²) in [6.45, 7) is 5.82. The number of methoxy groups -OCH3 is 2. The Morgan fingerprint density at radius 1 is 1.05 bits per heavy atom. The summed E-state index contributed by atoms with van der Waals surface area (Å²) in [5.41, 5.74) is 0.978. The summed E-state index contributed by atoms with van der Waals surface area (Å²) in [6, 6.07) is 10.8. The van der Waals surface area contributed by atoms with Gasteiger partial charge in [0, 0.05) is 13.1 Å². The van der Waals surface area contributed by atoms with Crippen LogP contribution < -0.4 is 19.1 Å². The number of rotatable bonds is 13. The standard InChI is InChI=1S/C26H36ClN3O6S/c1-7-23(26(32)28-15-18(2)3)29(16-19-8-11-21(35-4)12-9-19)25(31)17-30(37(6,33)34)20-10-13-24(36-5)22(27)14-20/h8-14,18,23H,7,15-17H2,1-6H3,(H,28,32)/t23-/m0/s1. The number of halogens is 1. The van der Waals surface area contributed by atoms with Gasteiger partial charge in [0.15, 0.2) is 0 Å². The summed E-state index contributed by atoms with van der Waals surface area (Å²) < 4.78 is 36.8. The van der Waals surface area contributed by atoms with Crippen molar-refractivity contribution in [3.63, 3.8) is 0 Å². The lowest BCUT2D eigenvalue weighted by molar-refractivity contribution is -0.140. The smallest absolute Gasteiger partial charge is 0.244 e. The largest absolute Gasteiger partial charge is 0.497 e. The first-order valence-corrected chi connectivity index (χ1v) is 14.1. The normalized spacial score (nSPS) is 12.1. The Morgan fingerprint density at radius 2 is 1.70 bits per heavy atom. The Morgan fingerprint density at radius 3 is 2.19 bits per heavy atom. The zero-order valence-corrected chi connectivity index (χ0v) is 23.7. The minimum Gasteiger partial charge on any atom is -0.497 e. The van der Waals surface area contributed by atoms with E-state index in [-0.39, 0.29) is 29.1 Å². The van der Waals surface area contributed by atoms with Crippen molar-refractivity contribution in [3.8, 4) is 11.5 Å². The third kappa shape index (κ3) is 8.53. The summed E-state index contributed by atoms with van der Waals surface area (Å²) >= 11 is 6.22.